The van der Waals surface area contributed by atoms with Gasteiger partial charge >= 0.3 is 0 Å². The van der Waals surface area contributed by atoms with Gasteiger partial charge in [0.15, 0.2) is 0 Å². The van der Waals surface area contributed by atoms with Gasteiger partial charge in [0.05, 0.1) is 13.2 Å². The summed E-state index contributed by atoms with van der Waals surface area (Å²) in [6.07, 6.45) is 0. The number of hydrogen-bond acceptors (Lipinski definition) is 2. The molecule has 3 nitrogen and oxygen atoms in total. The van der Waals surface area contributed by atoms with Crippen LogP contribution in [0.2, 0.25) is 0 Å². The first-order chi connectivity index (χ1) is 12.2. The van der Waals surface area contributed by atoms with Crippen LogP contribution in [0.1, 0.15) is 28.9 Å². The highest BCUT2D eigenvalue weighted by Gasteiger charge is 2.12. The summed E-state index contributed by atoms with van der Waals surface area (Å²) < 4.78 is 5.17. The number of nitrogens with one attached hydrogen (secondary N) is 1. The summed E-state index contributed by atoms with van der Waals surface area (Å²) in [6, 6.07) is 25.6. The lowest BCUT2D eigenvalue weighted by atomic mass is 10.0. The monoisotopic (exact) mass is 331 g/mol. The minimum absolute atomic E-state index is 0.0801. The van der Waals surface area contributed by atoms with Gasteiger partial charge in [-0.05, 0) is 41.8 Å². The highest BCUT2D eigenvalue weighted by Crippen LogP contribution is 2.22. The number of carbonyl (C=O) groups excluding carboxylic acids is 1. The van der Waals surface area contributed by atoms with E-state index in [1.54, 1.807) is 19.2 Å². The van der Waals surface area contributed by atoms with Gasteiger partial charge in [0.2, 0.25) is 0 Å². The summed E-state index contributed by atoms with van der Waals surface area (Å²) in [5.74, 6) is 0.561. The molecule has 1 amide bonds. The zero-order valence-corrected chi connectivity index (χ0v) is 14.4. The molecule has 0 aliphatic rings. The van der Waals surface area contributed by atoms with Gasteiger partial charge in [-0.15, -0.1) is 0 Å². The molecule has 3 rings (SSSR count). The molecule has 0 saturated carbocycles. The Balaban J connectivity index is 1.70. The van der Waals surface area contributed by atoms with Crippen LogP contribution in [-0.4, -0.2) is 13.0 Å². The van der Waals surface area contributed by atoms with E-state index >= 15 is 0 Å². The van der Waals surface area contributed by atoms with Crippen molar-refractivity contribution in [2.75, 3.05) is 7.11 Å². The molecular formula is C22H21NO2. The lowest BCUT2D eigenvalue weighted by Crippen LogP contribution is -2.26. The van der Waals surface area contributed by atoms with Crippen molar-refractivity contribution >= 4 is 5.91 Å². The van der Waals surface area contributed by atoms with Crippen molar-refractivity contribution in [1.82, 2.24) is 5.32 Å². The fourth-order valence-corrected chi connectivity index (χ4v) is 2.72. The zero-order chi connectivity index (χ0) is 17.6. The minimum Gasteiger partial charge on any atom is -0.497 e. The molecule has 3 aromatic carbocycles. The molecule has 0 spiro atoms. The van der Waals surface area contributed by atoms with Gasteiger partial charge in [-0.3, -0.25) is 4.79 Å². The lowest BCUT2D eigenvalue weighted by molar-refractivity contribution is 0.0939. The van der Waals surface area contributed by atoms with Crippen molar-refractivity contribution in [3.05, 3.63) is 90.0 Å². The third-order valence-corrected chi connectivity index (χ3v) is 4.20. The van der Waals surface area contributed by atoms with E-state index < -0.39 is 0 Å². The molecule has 3 aromatic rings. The number of carbonyl (C=O) groups is 1. The van der Waals surface area contributed by atoms with Crippen LogP contribution in [0.5, 0.6) is 5.75 Å². The van der Waals surface area contributed by atoms with E-state index in [2.05, 4.69) is 41.7 Å². The molecule has 0 fully saturated rings. The summed E-state index contributed by atoms with van der Waals surface area (Å²) in [4.78, 5) is 12.4. The van der Waals surface area contributed by atoms with E-state index in [0.717, 1.165) is 11.1 Å². The molecule has 0 aromatic heterocycles. The van der Waals surface area contributed by atoms with E-state index in [1.807, 2.05) is 37.3 Å². The average Bonchev–Trinajstić information content (AvgIpc) is 2.68. The number of methoxy groups -OCH3 is 1. The smallest absolute Gasteiger partial charge is 0.251 e. The largest absolute Gasteiger partial charge is 0.497 e. The fourth-order valence-electron chi connectivity index (χ4n) is 2.72. The minimum atomic E-state index is -0.112. The molecule has 25 heavy (non-hydrogen) atoms. The Morgan fingerprint density at radius 3 is 2.24 bits per heavy atom. The first-order valence-electron chi connectivity index (χ1n) is 8.27. The predicted octanol–water partition coefficient (Wildman–Crippen LogP) is 4.85. The van der Waals surface area contributed by atoms with E-state index in [-0.39, 0.29) is 11.9 Å². The first kappa shape index (κ1) is 16.8. The van der Waals surface area contributed by atoms with Crippen molar-refractivity contribution in [2.45, 2.75) is 13.0 Å². The van der Waals surface area contributed by atoms with Gasteiger partial charge in [-0.2, -0.15) is 0 Å². The van der Waals surface area contributed by atoms with Gasteiger partial charge in [-0.1, -0.05) is 60.7 Å². The normalized spacial score (nSPS) is 11.6. The van der Waals surface area contributed by atoms with E-state index in [1.165, 1.54) is 5.56 Å². The Labute approximate surface area is 148 Å². The number of rotatable bonds is 5. The topological polar surface area (TPSA) is 38.3 Å². The average molecular weight is 331 g/mol. The van der Waals surface area contributed by atoms with Crippen molar-refractivity contribution in [3.8, 4) is 16.9 Å². The van der Waals surface area contributed by atoms with Gasteiger partial charge in [0.1, 0.15) is 5.75 Å². The fraction of sp³-hybridized carbons (Fsp3) is 0.136. The Bertz CT molecular complexity index is 841. The number of hydrogen-bond donors (Lipinski definition) is 1. The quantitative estimate of drug-likeness (QED) is 0.725. The standard InChI is InChI=1S/C22H21NO2/c1-16(23-22(24)20-9-6-10-21(15-20)25-2)17-11-13-19(14-12-17)18-7-4-3-5-8-18/h3-16H,1-2H3,(H,23,24)/t16-/m1/s1. The predicted molar refractivity (Wildman–Crippen MR) is 101 cm³/mol. The summed E-state index contributed by atoms with van der Waals surface area (Å²) in [5.41, 5.74) is 4.00. The maximum absolute atomic E-state index is 12.4. The van der Waals surface area contributed by atoms with Crippen molar-refractivity contribution in [1.29, 1.82) is 0 Å². The van der Waals surface area contributed by atoms with Crippen molar-refractivity contribution < 1.29 is 9.53 Å². The van der Waals surface area contributed by atoms with Crippen LogP contribution in [0.15, 0.2) is 78.9 Å². The Kier molecular flexibility index (Phi) is 5.14. The lowest BCUT2D eigenvalue weighted by Gasteiger charge is -2.15. The Morgan fingerprint density at radius 1 is 0.880 bits per heavy atom. The van der Waals surface area contributed by atoms with Crippen LogP contribution in [0.3, 0.4) is 0 Å². The summed E-state index contributed by atoms with van der Waals surface area (Å²) >= 11 is 0. The van der Waals surface area contributed by atoms with Crippen LogP contribution in [0.4, 0.5) is 0 Å². The van der Waals surface area contributed by atoms with E-state index in [9.17, 15) is 4.79 Å². The van der Waals surface area contributed by atoms with Crippen LogP contribution in [-0.2, 0) is 0 Å². The third-order valence-electron chi connectivity index (χ3n) is 4.20. The molecular weight excluding hydrogens is 310 g/mol. The van der Waals surface area contributed by atoms with Crippen molar-refractivity contribution in [2.24, 2.45) is 0 Å². The first-order valence-corrected chi connectivity index (χ1v) is 8.27. The summed E-state index contributed by atoms with van der Waals surface area (Å²) in [7, 11) is 1.59. The Morgan fingerprint density at radius 2 is 1.56 bits per heavy atom. The highest BCUT2D eigenvalue weighted by molar-refractivity contribution is 5.94. The second-order valence-electron chi connectivity index (χ2n) is 5.92. The second kappa shape index (κ2) is 7.67. The van der Waals surface area contributed by atoms with Gasteiger partial charge in [0, 0.05) is 5.56 Å². The molecule has 1 N–H and O–H groups in total. The van der Waals surface area contributed by atoms with Crippen LogP contribution >= 0.6 is 0 Å². The number of amides is 1. The maximum Gasteiger partial charge on any atom is 0.251 e. The molecule has 0 aliphatic heterocycles. The second-order valence-corrected chi connectivity index (χ2v) is 5.92. The van der Waals surface area contributed by atoms with Crippen LogP contribution in [0, 0.1) is 0 Å². The third kappa shape index (κ3) is 4.07. The van der Waals surface area contributed by atoms with Gasteiger partial charge in [0.25, 0.3) is 5.91 Å². The Hall–Kier alpha value is -3.07. The van der Waals surface area contributed by atoms with E-state index in [0.29, 0.717) is 11.3 Å². The van der Waals surface area contributed by atoms with E-state index in [4.69, 9.17) is 4.74 Å². The molecule has 3 heteroatoms. The van der Waals surface area contributed by atoms with Gasteiger partial charge < -0.3 is 10.1 Å². The van der Waals surface area contributed by atoms with Crippen LogP contribution in [0.25, 0.3) is 11.1 Å². The molecule has 1 atom stereocenters. The maximum atomic E-state index is 12.4. The molecule has 0 radical (unpaired) electrons. The molecule has 0 saturated heterocycles. The summed E-state index contributed by atoms with van der Waals surface area (Å²) in [6.45, 7) is 1.98. The van der Waals surface area contributed by atoms with Crippen molar-refractivity contribution in [3.63, 3.8) is 0 Å². The van der Waals surface area contributed by atoms with Gasteiger partial charge in [-0.25, -0.2) is 0 Å². The molecule has 0 bridgehead atoms. The number of benzene rings is 3. The zero-order valence-electron chi connectivity index (χ0n) is 14.4. The molecule has 0 unspecified atom stereocenters. The van der Waals surface area contributed by atoms with Crippen LogP contribution < -0.4 is 10.1 Å². The highest BCUT2D eigenvalue weighted by atomic mass is 16.5. The SMILES string of the molecule is COc1cccc(C(=O)N[C@H](C)c2ccc(-c3ccccc3)cc2)c1. The molecule has 0 heterocycles. The molecule has 126 valence electrons. The molecule has 0 aliphatic carbocycles. The summed E-state index contributed by atoms with van der Waals surface area (Å²) in [5, 5.41) is 3.03. The number of ether oxygens (including phenoxy) is 1.